The van der Waals surface area contributed by atoms with Crippen molar-refractivity contribution in [2.75, 3.05) is 0 Å². The van der Waals surface area contributed by atoms with Crippen LogP contribution in [0.5, 0.6) is 0 Å². The summed E-state index contributed by atoms with van der Waals surface area (Å²) < 4.78 is 16.6. The average Bonchev–Trinajstić information content (AvgIpc) is 2.78. The minimum Gasteiger partial charge on any atom is -0.264 e. The third kappa shape index (κ3) is 3.07. The van der Waals surface area contributed by atoms with Gasteiger partial charge in [-0.2, -0.15) is 5.10 Å². The van der Waals surface area contributed by atoms with Gasteiger partial charge in [0.05, 0.1) is 18.1 Å². The lowest BCUT2D eigenvalue weighted by Crippen LogP contribution is -2.08. The number of aromatic nitrogens is 2. The van der Waals surface area contributed by atoms with Gasteiger partial charge in [0.2, 0.25) is 0 Å². The maximum Gasteiger partial charge on any atom is 0.129 e. The SMILES string of the molecule is CCc1nn(Cc2ccc(Br)cc2F)c(CC)c1CCl. The van der Waals surface area contributed by atoms with Crippen LogP contribution < -0.4 is 0 Å². The van der Waals surface area contributed by atoms with Gasteiger partial charge in [0.1, 0.15) is 5.82 Å². The molecule has 0 aliphatic heterocycles. The summed E-state index contributed by atoms with van der Waals surface area (Å²) >= 11 is 9.30. The zero-order chi connectivity index (χ0) is 14.7. The third-order valence-electron chi connectivity index (χ3n) is 3.39. The molecule has 0 aliphatic rings. The van der Waals surface area contributed by atoms with E-state index in [1.165, 1.54) is 6.07 Å². The molecule has 0 aliphatic carbocycles. The van der Waals surface area contributed by atoms with E-state index in [0.29, 0.717) is 18.0 Å². The molecule has 2 aromatic rings. The van der Waals surface area contributed by atoms with Crippen molar-refractivity contribution < 1.29 is 4.39 Å². The van der Waals surface area contributed by atoms with Crippen molar-refractivity contribution in [3.63, 3.8) is 0 Å². The Kier molecular flexibility index (Phi) is 5.22. The molecule has 0 saturated heterocycles. The quantitative estimate of drug-likeness (QED) is 0.708. The Morgan fingerprint density at radius 3 is 2.60 bits per heavy atom. The van der Waals surface area contributed by atoms with Gasteiger partial charge in [-0.15, -0.1) is 11.6 Å². The van der Waals surface area contributed by atoms with Crippen molar-refractivity contribution >= 4 is 27.5 Å². The van der Waals surface area contributed by atoms with Crippen LogP contribution in [-0.2, 0) is 25.3 Å². The molecule has 0 saturated carbocycles. The number of rotatable bonds is 5. The number of benzene rings is 1. The summed E-state index contributed by atoms with van der Waals surface area (Å²) in [4.78, 5) is 0. The summed E-state index contributed by atoms with van der Waals surface area (Å²) in [6.45, 7) is 4.56. The number of aryl methyl sites for hydroxylation is 1. The van der Waals surface area contributed by atoms with Crippen LogP contribution in [0.1, 0.15) is 36.4 Å². The molecule has 0 fully saturated rings. The van der Waals surface area contributed by atoms with Crippen LogP contribution in [0.3, 0.4) is 0 Å². The fourth-order valence-electron chi connectivity index (χ4n) is 2.37. The van der Waals surface area contributed by atoms with Crippen molar-refractivity contribution in [1.29, 1.82) is 0 Å². The van der Waals surface area contributed by atoms with E-state index >= 15 is 0 Å². The molecule has 0 N–H and O–H groups in total. The smallest absolute Gasteiger partial charge is 0.129 e. The van der Waals surface area contributed by atoms with Gasteiger partial charge in [-0.05, 0) is 25.0 Å². The molecule has 1 aromatic carbocycles. The lowest BCUT2D eigenvalue weighted by molar-refractivity contribution is 0.573. The molecule has 0 radical (unpaired) electrons. The van der Waals surface area contributed by atoms with E-state index in [1.807, 2.05) is 10.7 Å². The maximum atomic E-state index is 13.9. The van der Waals surface area contributed by atoms with Gasteiger partial charge < -0.3 is 0 Å². The Morgan fingerprint density at radius 2 is 2.05 bits per heavy atom. The van der Waals surface area contributed by atoms with Crippen LogP contribution in [0.4, 0.5) is 4.39 Å². The summed E-state index contributed by atoms with van der Waals surface area (Å²) in [6, 6.07) is 5.11. The molecule has 1 aromatic heterocycles. The van der Waals surface area contributed by atoms with Gasteiger partial charge in [-0.25, -0.2) is 4.39 Å². The van der Waals surface area contributed by atoms with E-state index < -0.39 is 0 Å². The summed E-state index contributed by atoms with van der Waals surface area (Å²) in [5.74, 6) is 0.234. The minimum absolute atomic E-state index is 0.220. The van der Waals surface area contributed by atoms with Crippen LogP contribution in [-0.4, -0.2) is 9.78 Å². The second-order valence-electron chi connectivity index (χ2n) is 4.61. The second-order valence-corrected chi connectivity index (χ2v) is 5.79. The number of hydrogen-bond donors (Lipinski definition) is 0. The Hall–Kier alpha value is -0.870. The zero-order valence-electron chi connectivity index (χ0n) is 11.6. The number of alkyl halides is 1. The molecule has 0 unspecified atom stereocenters. The molecule has 108 valence electrons. The van der Waals surface area contributed by atoms with Gasteiger partial charge in [-0.1, -0.05) is 35.8 Å². The van der Waals surface area contributed by atoms with Gasteiger partial charge in [0.25, 0.3) is 0 Å². The van der Waals surface area contributed by atoms with Crippen molar-refractivity contribution in [1.82, 2.24) is 9.78 Å². The van der Waals surface area contributed by atoms with Crippen molar-refractivity contribution in [3.8, 4) is 0 Å². The molecular weight excluding hydrogens is 343 g/mol. The van der Waals surface area contributed by atoms with Crippen molar-refractivity contribution in [3.05, 3.63) is 51.0 Å². The van der Waals surface area contributed by atoms with Gasteiger partial charge in [0, 0.05) is 21.3 Å². The highest BCUT2D eigenvalue weighted by atomic mass is 79.9. The Bertz CT molecular complexity index is 610. The van der Waals surface area contributed by atoms with E-state index in [4.69, 9.17) is 11.6 Å². The summed E-state index contributed by atoms with van der Waals surface area (Å²) in [5.41, 5.74) is 3.83. The highest BCUT2D eigenvalue weighted by Gasteiger charge is 2.15. The van der Waals surface area contributed by atoms with Crippen LogP contribution in [0.25, 0.3) is 0 Å². The fourth-order valence-corrected chi connectivity index (χ4v) is 3.01. The Balaban J connectivity index is 2.40. The average molecular weight is 360 g/mol. The first-order chi connectivity index (χ1) is 9.60. The lowest BCUT2D eigenvalue weighted by Gasteiger charge is -2.08. The van der Waals surface area contributed by atoms with Crippen molar-refractivity contribution in [2.24, 2.45) is 0 Å². The van der Waals surface area contributed by atoms with Crippen LogP contribution in [0.15, 0.2) is 22.7 Å². The number of nitrogens with zero attached hydrogens (tertiary/aromatic N) is 2. The minimum atomic E-state index is -0.220. The van der Waals surface area contributed by atoms with E-state index in [9.17, 15) is 4.39 Å². The van der Waals surface area contributed by atoms with E-state index in [1.54, 1.807) is 6.07 Å². The van der Waals surface area contributed by atoms with Gasteiger partial charge >= 0.3 is 0 Å². The van der Waals surface area contributed by atoms with Crippen LogP contribution >= 0.6 is 27.5 Å². The van der Waals surface area contributed by atoms with Gasteiger partial charge in [0.15, 0.2) is 0 Å². The molecule has 0 spiro atoms. The van der Waals surface area contributed by atoms with Crippen LogP contribution in [0, 0.1) is 5.82 Å². The molecule has 1 heterocycles. The van der Waals surface area contributed by atoms with Crippen molar-refractivity contribution in [2.45, 2.75) is 39.1 Å². The standard InChI is InChI=1S/C15H17BrClFN2/c1-3-14-12(8-17)15(4-2)20(19-14)9-10-5-6-11(16)7-13(10)18/h5-7H,3-4,8-9H2,1-2H3. The highest BCUT2D eigenvalue weighted by molar-refractivity contribution is 9.10. The summed E-state index contributed by atoms with van der Waals surface area (Å²) in [6.07, 6.45) is 1.68. The zero-order valence-corrected chi connectivity index (χ0v) is 13.9. The predicted octanol–water partition coefficient (Wildman–Crippen LogP) is 4.70. The molecular formula is C15H17BrClFN2. The lowest BCUT2D eigenvalue weighted by atomic mass is 10.1. The van der Waals surface area contributed by atoms with E-state index in [0.717, 1.165) is 34.3 Å². The summed E-state index contributed by atoms with van der Waals surface area (Å²) in [7, 11) is 0. The van der Waals surface area contributed by atoms with Crippen LogP contribution in [0.2, 0.25) is 0 Å². The summed E-state index contributed by atoms with van der Waals surface area (Å²) in [5, 5.41) is 4.58. The molecule has 20 heavy (non-hydrogen) atoms. The fraction of sp³-hybridized carbons (Fsp3) is 0.400. The first-order valence-electron chi connectivity index (χ1n) is 6.68. The molecule has 0 amide bonds. The predicted molar refractivity (Wildman–Crippen MR) is 83.7 cm³/mol. The topological polar surface area (TPSA) is 17.8 Å². The number of halogens is 3. The monoisotopic (exact) mass is 358 g/mol. The Labute approximate surface area is 132 Å². The Morgan fingerprint density at radius 1 is 1.30 bits per heavy atom. The second kappa shape index (κ2) is 6.72. The first kappa shape index (κ1) is 15.5. The molecule has 5 heteroatoms. The molecule has 0 bridgehead atoms. The first-order valence-corrected chi connectivity index (χ1v) is 8.00. The third-order valence-corrected chi connectivity index (χ3v) is 4.15. The largest absolute Gasteiger partial charge is 0.264 e. The molecule has 2 nitrogen and oxygen atoms in total. The number of hydrogen-bond acceptors (Lipinski definition) is 1. The molecule has 2 rings (SSSR count). The van der Waals surface area contributed by atoms with E-state index in [-0.39, 0.29) is 5.82 Å². The maximum absolute atomic E-state index is 13.9. The molecule has 0 atom stereocenters. The highest BCUT2D eigenvalue weighted by Crippen LogP contribution is 2.21. The van der Waals surface area contributed by atoms with Gasteiger partial charge in [-0.3, -0.25) is 4.68 Å². The van der Waals surface area contributed by atoms with E-state index in [2.05, 4.69) is 34.9 Å². The normalized spacial score (nSPS) is 11.1.